The molecule has 1 aliphatic rings. The molecule has 0 saturated heterocycles. The van der Waals surface area contributed by atoms with E-state index in [-0.39, 0.29) is 0 Å². The number of hydrogen-bond acceptors (Lipinski definition) is 2. The molecule has 3 heteroatoms. The average Bonchev–Trinajstić information content (AvgIpc) is 2.57. The third kappa shape index (κ3) is 3.48. The van der Waals surface area contributed by atoms with Crippen LogP contribution in [0.5, 0.6) is 0 Å². The second kappa shape index (κ2) is 6.65. The minimum atomic E-state index is -0.900. The van der Waals surface area contributed by atoms with Crippen LogP contribution in [0.15, 0.2) is 48.5 Å². The lowest BCUT2D eigenvalue weighted by Crippen LogP contribution is -2.04. The molecule has 0 aliphatic heterocycles. The van der Waals surface area contributed by atoms with Crippen molar-refractivity contribution in [3.05, 3.63) is 59.7 Å². The number of carboxylic acid groups (broad SMARTS) is 1. The van der Waals surface area contributed by atoms with Gasteiger partial charge in [-0.15, -0.1) is 0 Å². The van der Waals surface area contributed by atoms with E-state index in [2.05, 4.69) is 29.6 Å². The quantitative estimate of drug-likeness (QED) is 0.817. The smallest absolute Gasteiger partial charge is 0.335 e. The normalized spacial score (nSPS) is 15.5. The Morgan fingerprint density at radius 2 is 1.41 bits per heavy atom. The van der Waals surface area contributed by atoms with E-state index in [9.17, 15) is 4.79 Å². The summed E-state index contributed by atoms with van der Waals surface area (Å²) in [7, 11) is 0. The summed E-state index contributed by atoms with van der Waals surface area (Å²) in [5.41, 5.74) is 3.67. The van der Waals surface area contributed by atoms with Gasteiger partial charge in [-0.05, 0) is 60.7 Å². The van der Waals surface area contributed by atoms with Crippen molar-refractivity contribution in [1.29, 1.82) is 0 Å². The third-order valence-electron chi connectivity index (χ3n) is 4.41. The van der Waals surface area contributed by atoms with E-state index in [1.165, 1.54) is 37.7 Å². The van der Waals surface area contributed by atoms with E-state index in [0.29, 0.717) is 5.56 Å². The fraction of sp³-hybridized carbons (Fsp3) is 0.316. The first-order valence-corrected chi connectivity index (χ1v) is 7.93. The Hall–Kier alpha value is -2.29. The van der Waals surface area contributed by atoms with Gasteiger partial charge < -0.3 is 10.4 Å². The summed E-state index contributed by atoms with van der Waals surface area (Å²) in [4.78, 5) is 10.8. The van der Waals surface area contributed by atoms with Crippen LogP contribution >= 0.6 is 0 Å². The Morgan fingerprint density at radius 3 is 1.95 bits per heavy atom. The van der Waals surface area contributed by atoms with Crippen LogP contribution in [-0.2, 0) is 0 Å². The lowest BCUT2D eigenvalue weighted by atomic mass is 9.84. The number of aromatic carboxylic acids is 1. The molecule has 1 saturated carbocycles. The van der Waals surface area contributed by atoms with Gasteiger partial charge in [0.25, 0.3) is 0 Å². The van der Waals surface area contributed by atoms with Gasteiger partial charge in [0.05, 0.1) is 5.56 Å². The Bertz CT molecular complexity index is 625. The maximum Gasteiger partial charge on any atom is 0.335 e. The van der Waals surface area contributed by atoms with Crippen molar-refractivity contribution in [3.8, 4) is 0 Å². The second-order valence-electron chi connectivity index (χ2n) is 5.96. The van der Waals surface area contributed by atoms with Crippen molar-refractivity contribution in [2.24, 2.45) is 0 Å². The van der Waals surface area contributed by atoms with Gasteiger partial charge in [0, 0.05) is 11.4 Å². The first kappa shape index (κ1) is 14.6. The maximum absolute atomic E-state index is 10.8. The van der Waals surface area contributed by atoms with Crippen molar-refractivity contribution in [2.45, 2.75) is 38.0 Å². The van der Waals surface area contributed by atoms with Gasteiger partial charge in [-0.2, -0.15) is 0 Å². The molecule has 2 N–H and O–H groups in total. The highest BCUT2D eigenvalue weighted by Crippen LogP contribution is 2.33. The van der Waals surface area contributed by atoms with Crippen LogP contribution in [0, 0.1) is 0 Å². The van der Waals surface area contributed by atoms with Crippen LogP contribution in [-0.4, -0.2) is 11.1 Å². The highest BCUT2D eigenvalue weighted by molar-refractivity contribution is 5.88. The molecule has 0 bridgehead atoms. The summed E-state index contributed by atoms with van der Waals surface area (Å²) in [6.45, 7) is 0. The van der Waals surface area contributed by atoms with Crippen LogP contribution in [0.3, 0.4) is 0 Å². The fourth-order valence-electron chi connectivity index (χ4n) is 3.14. The number of carbonyl (C=O) groups is 1. The molecule has 1 fully saturated rings. The molecule has 0 radical (unpaired) electrons. The first-order valence-electron chi connectivity index (χ1n) is 7.93. The van der Waals surface area contributed by atoms with Gasteiger partial charge in [0.15, 0.2) is 0 Å². The summed E-state index contributed by atoms with van der Waals surface area (Å²) in [5.74, 6) is -0.180. The van der Waals surface area contributed by atoms with E-state index in [1.54, 1.807) is 24.3 Å². The predicted molar refractivity (Wildman–Crippen MR) is 89.0 cm³/mol. The molecular weight excluding hydrogens is 274 g/mol. The minimum absolute atomic E-state index is 0.304. The molecule has 2 aromatic rings. The zero-order valence-corrected chi connectivity index (χ0v) is 12.6. The van der Waals surface area contributed by atoms with Crippen molar-refractivity contribution >= 4 is 17.3 Å². The van der Waals surface area contributed by atoms with Crippen molar-refractivity contribution in [1.82, 2.24) is 0 Å². The van der Waals surface area contributed by atoms with Crippen LogP contribution in [0.25, 0.3) is 0 Å². The van der Waals surface area contributed by atoms with Gasteiger partial charge >= 0.3 is 5.97 Å². The summed E-state index contributed by atoms with van der Waals surface area (Å²) < 4.78 is 0. The Kier molecular flexibility index (Phi) is 4.42. The molecule has 0 amide bonds. The molecule has 0 spiro atoms. The predicted octanol–water partition coefficient (Wildman–Crippen LogP) is 5.18. The number of benzene rings is 2. The van der Waals surface area contributed by atoms with Gasteiger partial charge in [-0.1, -0.05) is 31.4 Å². The molecule has 3 rings (SSSR count). The fourth-order valence-corrected chi connectivity index (χ4v) is 3.14. The Balaban J connectivity index is 1.66. The molecule has 114 valence electrons. The van der Waals surface area contributed by atoms with E-state index < -0.39 is 5.97 Å². The van der Waals surface area contributed by atoms with Crippen molar-refractivity contribution in [3.63, 3.8) is 0 Å². The number of carboxylic acids is 1. The topological polar surface area (TPSA) is 49.3 Å². The molecule has 0 unspecified atom stereocenters. The van der Waals surface area contributed by atoms with Crippen molar-refractivity contribution in [2.75, 3.05) is 5.32 Å². The van der Waals surface area contributed by atoms with Gasteiger partial charge in [0.2, 0.25) is 0 Å². The standard InChI is InChI=1S/C19H21NO2/c21-19(22)16-8-12-18(13-9-16)20-17-10-6-15(7-11-17)14-4-2-1-3-5-14/h6-14,20H,1-5H2,(H,21,22). The molecule has 0 heterocycles. The number of hydrogen-bond donors (Lipinski definition) is 2. The summed E-state index contributed by atoms with van der Waals surface area (Å²) in [6, 6.07) is 15.4. The molecule has 22 heavy (non-hydrogen) atoms. The second-order valence-corrected chi connectivity index (χ2v) is 5.96. The SMILES string of the molecule is O=C(O)c1ccc(Nc2ccc(C3CCCCC3)cc2)cc1. The zero-order chi connectivity index (χ0) is 15.4. The number of nitrogens with one attached hydrogen (secondary N) is 1. The van der Waals surface area contributed by atoms with Crippen LogP contribution < -0.4 is 5.32 Å². The lowest BCUT2D eigenvalue weighted by molar-refractivity contribution is 0.0697. The van der Waals surface area contributed by atoms with Crippen LogP contribution in [0.1, 0.15) is 53.9 Å². The minimum Gasteiger partial charge on any atom is -0.478 e. The van der Waals surface area contributed by atoms with Gasteiger partial charge in [0.1, 0.15) is 0 Å². The average molecular weight is 295 g/mol. The Labute approximate surface area is 131 Å². The summed E-state index contributed by atoms with van der Waals surface area (Å²) in [5, 5.41) is 12.2. The van der Waals surface area contributed by atoms with Crippen LogP contribution in [0.2, 0.25) is 0 Å². The van der Waals surface area contributed by atoms with E-state index in [1.807, 2.05) is 0 Å². The Morgan fingerprint density at radius 1 is 0.864 bits per heavy atom. The highest BCUT2D eigenvalue weighted by atomic mass is 16.4. The number of rotatable bonds is 4. The molecular formula is C19H21NO2. The summed E-state index contributed by atoms with van der Waals surface area (Å²) in [6.07, 6.45) is 6.69. The van der Waals surface area contributed by atoms with Gasteiger partial charge in [-0.3, -0.25) is 0 Å². The monoisotopic (exact) mass is 295 g/mol. The highest BCUT2D eigenvalue weighted by Gasteiger charge is 2.15. The lowest BCUT2D eigenvalue weighted by Gasteiger charge is -2.22. The van der Waals surface area contributed by atoms with Crippen LogP contribution in [0.4, 0.5) is 11.4 Å². The van der Waals surface area contributed by atoms with E-state index in [4.69, 9.17) is 5.11 Å². The first-order chi connectivity index (χ1) is 10.7. The number of anilines is 2. The molecule has 0 atom stereocenters. The third-order valence-corrected chi connectivity index (χ3v) is 4.41. The molecule has 3 nitrogen and oxygen atoms in total. The van der Waals surface area contributed by atoms with E-state index in [0.717, 1.165) is 17.3 Å². The largest absolute Gasteiger partial charge is 0.478 e. The zero-order valence-electron chi connectivity index (χ0n) is 12.6. The molecule has 1 aliphatic carbocycles. The van der Waals surface area contributed by atoms with E-state index >= 15 is 0 Å². The van der Waals surface area contributed by atoms with Gasteiger partial charge in [-0.25, -0.2) is 4.79 Å². The summed E-state index contributed by atoms with van der Waals surface area (Å²) >= 11 is 0. The van der Waals surface area contributed by atoms with Crippen molar-refractivity contribution < 1.29 is 9.90 Å². The molecule has 2 aromatic carbocycles. The molecule has 0 aromatic heterocycles. The maximum atomic E-state index is 10.8.